The zero-order valence-corrected chi connectivity index (χ0v) is 14.5. The van der Waals surface area contributed by atoms with E-state index in [0.717, 1.165) is 5.56 Å². The van der Waals surface area contributed by atoms with E-state index >= 15 is 0 Å². The number of amides is 1. The second-order valence-electron chi connectivity index (χ2n) is 6.20. The lowest BCUT2D eigenvalue weighted by atomic mass is 10.2. The van der Waals surface area contributed by atoms with Gasteiger partial charge in [0.2, 0.25) is 0 Å². The predicted molar refractivity (Wildman–Crippen MR) is 101 cm³/mol. The van der Waals surface area contributed by atoms with Gasteiger partial charge in [0.15, 0.2) is 11.2 Å². The summed E-state index contributed by atoms with van der Waals surface area (Å²) in [5.74, 6) is 0.307. The standard InChI is InChI=1S/C22H17NO4/c24-19-13-21(27-20-11-5-4-10-18(19)20)22(25)23(15-17-9-6-12-26-17)14-16-7-2-1-3-8-16/h1-13H,14-15H2. The Morgan fingerprint density at radius 3 is 2.44 bits per heavy atom. The lowest BCUT2D eigenvalue weighted by molar-refractivity contribution is 0.0686. The van der Waals surface area contributed by atoms with Crippen LogP contribution in [-0.4, -0.2) is 10.8 Å². The molecule has 0 aliphatic heterocycles. The van der Waals surface area contributed by atoms with Crippen LogP contribution in [-0.2, 0) is 13.1 Å². The molecule has 0 aliphatic carbocycles. The SMILES string of the molecule is O=C(c1cc(=O)c2ccccc2o1)N(Cc1ccccc1)Cc1ccco1. The summed E-state index contributed by atoms with van der Waals surface area (Å²) in [6.45, 7) is 0.647. The van der Waals surface area contributed by atoms with Crippen LogP contribution < -0.4 is 5.43 Å². The number of rotatable bonds is 5. The Balaban J connectivity index is 1.70. The maximum Gasteiger partial charge on any atom is 0.290 e. The Morgan fingerprint density at radius 2 is 1.67 bits per heavy atom. The number of carbonyl (C=O) groups excluding carboxylic acids is 1. The zero-order chi connectivity index (χ0) is 18.6. The summed E-state index contributed by atoms with van der Waals surface area (Å²) < 4.78 is 11.1. The highest BCUT2D eigenvalue weighted by molar-refractivity contribution is 5.93. The first-order valence-corrected chi connectivity index (χ1v) is 8.59. The van der Waals surface area contributed by atoms with Crippen molar-refractivity contribution in [1.29, 1.82) is 0 Å². The minimum absolute atomic E-state index is 0.0150. The molecule has 0 saturated heterocycles. The first kappa shape index (κ1) is 16.8. The highest BCUT2D eigenvalue weighted by Gasteiger charge is 2.21. The number of hydrogen-bond acceptors (Lipinski definition) is 4. The average Bonchev–Trinajstić information content (AvgIpc) is 3.21. The topological polar surface area (TPSA) is 63.7 Å². The van der Waals surface area contributed by atoms with Crippen molar-refractivity contribution in [3.05, 3.63) is 106 Å². The number of furan rings is 1. The molecule has 4 rings (SSSR count). The zero-order valence-electron chi connectivity index (χ0n) is 14.5. The van der Waals surface area contributed by atoms with E-state index in [1.54, 1.807) is 41.5 Å². The number of hydrogen-bond donors (Lipinski definition) is 0. The number of nitrogens with zero attached hydrogens (tertiary/aromatic N) is 1. The van der Waals surface area contributed by atoms with Gasteiger partial charge in [-0.05, 0) is 29.8 Å². The summed E-state index contributed by atoms with van der Waals surface area (Å²) in [4.78, 5) is 27.1. The Morgan fingerprint density at radius 1 is 0.889 bits per heavy atom. The second kappa shape index (κ2) is 7.33. The van der Waals surface area contributed by atoms with Crippen molar-refractivity contribution >= 4 is 16.9 Å². The van der Waals surface area contributed by atoms with Gasteiger partial charge in [-0.3, -0.25) is 9.59 Å². The smallest absolute Gasteiger partial charge is 0.290 e. The largest absolute Gasteiger partial charge is 0.467 e. The molecule has 0 aliphatic rings. The quantitative estimate of drug-likeness (QED) is 0.535. The molecule has 0 saturated carbocycles. The lowest BCUT2D eigenvalue weighted by Gasteiger charge is -2.21. The number of para-hydroxylation sites is 1. The van der Waals surface area contributed by atoms with Gasteiger partial charge in [-0.2, -0.15) is 0 Å². The minimum atomic E-state index is -0.363. The van der Waals surface area contributed by atoms with Gasteiger partial charge in [0, 0.05) is 12.6 Å². The van der Waals surface area contributed by atoms with Crippen LogP contribution in [0.15, 0.2) is 92.7 Å². The molecule has 0 bridgehead atoms. The summed E-state index contributed by atoms with van der Waals surface area (Å²) in [5.41, 5.74) is 1.13. The Labute approximate surface area is 155 Å². The van der Waals surface area contributed by atoms with Gasteiger partial charge in [-0.15, -0.1) is 0 Å². The van der Waals surface area contributed by atoms with Crippen molar-refractivity contribution in [2.45, 2.75) is 13.1 Å². The molecular formula is C22H17NO4. The molecule has 5 nitrogen and oxygen atoms in total. The van der Waals surface area contributed by atoms with Gasteiger partial charge in [0.05, 0.1) is 18.2 Å². The molecule has 4 aromatic rings. The Bertz CT molecular complexity index is 1110. The predicted octanol–water partition coefficient (Wildman–Crippen LogP) is 4.23. The molecule has 0 radical (unpaired) electrons. The van der Waals surface area contributed by atoms with E-state index in [-0.39, 0.29) is 23.6 Å². The van der Waals surface area contributed by atoms with Gasteiger partial charge >= 0.3 is 0 Å². The number of carbonyl (C=O) groups is 1. The highest BCUT2D eigenvalue weighted by atomic mass is 16.3. The van der Waals surface area contributed by atoms with E-state index in [9.17, 15) is 9.59 Å². The highest BCUT2D eigenvalue weighted by Crippen LogP contribution is 2.17. The first-order chi connectivity index (χ1) is 13.2. The van der Waals surface area contributed by atoms with Crippen molar-refractivity contribution in [3.63, 3.8) is 0 Å². The summed E-state index contributed by atoms with van der Waals surface area (Å²) in [6.07, 6.45) is 1.57. The van der Waals surface area contributed by atoms with Crippen LogP contribution in [0.4, 0.5) is 0 Å². The monoisotopic (exact) mass is 359 g/mol. The summed E-state index contributed by atoms with van der Waals surface area (Å²) >= 11 is 0. The van der Waals surface area contributed by atoms with Crippen LogP contribution >= 0.6 is 0 Å². The average molecular weight is 359 g/mol. The minimum Gasteiger partial charge on any atom is -0.467 e. The van der Waals surface area contributed by atoms with E-state index in [1.807, 2.05) is 36.4 Å². The van der Waals surface area contributed by atoms with Crippen molar-refractivity contribution in [2.24, 2.45) is 0 Å². The van der Waals surface area contributed by atoms with Crippen molar-refractivity contribution in [1.82, 2.24) is 4.90 Å². The molecule has 0 N–H and O–H groups in total. The molecule has 0 atom stereocenters. The summed E-state index contributed by atoms with van der Waals surface area (Å²) in [7, 11) is 0. The van der Waals surface area contributed by atoms with Crippen LogP contribution in [0.25, 0.3) is 11.0 Å². The number of benzene rings is 2. The van der Waals surface area contributed by atoms with Gasteiger partial charge in [-0.25, -0.2) is 0 Å². The fraction of sp³-hybridized carbons (Fsp3) is 0.0909. The molecule has 1 amide bonds. The molecule has 2 aromatic carbocycles. The molecule has 134 valence electrons. The fourth-order valence-electron chi connectivity index (χ4n) is 2.96. The van der Waals surface area contributed by atoms with Crippen molar-refractivity contribution < 1.29 is 13.6 Å². The van der Waals surface area contributed by atoms with Gasteiger partial charge in [0.25, 0.3) is 5.91 Å². The van der Waals surface area contributed by atoms with Gasteiger partial charge in [-0.1, -0.05) is 42.5 Å². The molecule has 2 aromatic heterocycles. The summed E-state index contributed by atoms with van der Waals surface area (Å²) in [5, 5.41) is 0.453. The maximum atomic E-state index is 13.1. The van der Waals surface area contributed by atoms with E-state index in [4.69, 9.17) is 8.83 Å². The Kier molecular flexibility index (Phi) is 4.58. The van der Waals surface area contributed by atoms with Crippen LogP contribution in [0.5, 0.6) is 0 Å². The molecule has 0 unspecified atom stereocenters. The maximum absolute atomic E-state index is 13.1. The van der Waals surface area contributed by atoms with Crippen LogP contribution in [0.1, 0.15) is 21.9 Å². The van der Waals surface area contributed by atoms with Crippen LogP contribution in [0.3, 0.4) is 0 Å². The van der Waals surface area contributed by atoms with E-state index in [0.29, 0.717) is 23.3 Å². The van der Waals surface area contributed by atoms with Crippen LogP contribution in [0, 0.1) is 0 Å². The third kappa shape index (κ3) is 3.67. The van der Waals surface area contributed by atoms with Gasteiger partial charge in [0.1, 0.15) is 11.3 Å². The lowest BCUT2D eigenvalue weighted by Crippen LogP contribution is -2.30. The molecule has 2 heterocycles. The fourth-order valence-corrected chi connectivity index (χ4v) is 2.96. The normalized spacial score (nSPS) is 10.8. The first-order valence-electron chi connectivity index (χ1n) is 8.59. The van der Waals surface area contributed by atoms with E-state index < -0.39 is 0 Å². The van der Waals surface area contributed by atoms with Crippen LogP contribution in [0.2, 0.25) is 0 Å². The van der Waals surface area contributed by atoms with E-state index in [2.05, 4.69) is 0 Å². The third-order valence-corrected chi connectivity index (χ3v) is 4.28. The number of fused-ring (bicyclic) bond motifs is 1. The second-order valence-corrected chi connectivity index (χ2v) is 6.20. The van der Waals surface area contributed by atoms with Gasteiger partial charge < -0.3 is 13.7 Å². The van der Waals surface area contributed by atoms with Crippen molar-refractivity contribution in [2.75, 3.05) is 0 Å². The molecule has 5 heteroatoms. The molecule has 0 fully saturated rings. The molecular weight excluding hydrogens is 342 g/mol. The summed E-state index contributed by atoms with van der Waals surface area (Å²) in [6, 6.07) is 21.4. The molecule has 0 spiro atoms. The molecule has 27 heavy (non-hydrogen) atoms. The van der Waals surface area contributed by atoms with E-state index in [1.165, 1.54) is 6.07 Å². The Hall–Kier alpha value is -3.60. The third-order valence-electron chi connectivity index (χ3n) is 4.28. The van der Waals surface area contributed by atoms with Crippen molar-refractivity contribution in [3.8, 4) is 0 Å².